The zero-order valence-corrected chi connectivity index (χ0v) is 13.8. The number of anilines is 1. The number of nitrogens with one attached hydrogen (secondary N) is 3. The van der Waals surface area contributed by atoms with Crippen LogP contribution >= 0.6 is 0 Å². The van der Waals surface area contributed by atoms with E-state index in [0.717, 1.165) is 12.8 Å². The molecule has 5 heteroatoms. The number of hydrogen-bond acceptors (Lipinski definition) is 2. The van der Waals surface area contributed by atoms with Crippen LogP contribution in [0.25, 0.3) is 0 Å². The van der Waals surface area contributed by atoms with Gasteiger partial charge in [0.05, 0.1) is 11.3 Å². The van der Waals surface area contributed by atoms with Crippen LogP contribution in [0.2, 0.25) is 0 Å². The molecule has 3 amide bonds. The van der Waals surface area contributed by atoms with Crippen LogP contribution in [-0.4, -0.2) is 25.0 Å². The van der Waals surface area contributed by atoms with Crippen molar-refractivity contribution in [2.75, 3.05) is 18.4 Å². The molecule has 0 aliphatic carbocycles. The molecule has 0 unspecified atom stereocenters. The maximum absolute atomic E-state index is 12.4. The first-order chi connectivity index (χ1) is 11.7. The van der Waals surface area contributed by atoms with Crippen molar-refractivity contribution in [2.45, 2.75) is 19.8 Å². The third-order valence-corrected chi connectivity index (χ3v) is 3.50. The van der Waals surface area contributed by atoms with E-state index >= 15 is 0 Å². The third-order valence-electron chi connectivity index (χ3n) is 3.50. The molecule has 0 radical (unpaired) electrons. The van der Waals surface area contributed by atoms with Gasteiger partial charge in [-0.1, -0.05) is 49.4 Å². The second-order valence-corrected chi connectivity index (χ2v) is 5.42. The Hall–Kier alpha value is -2.82. The number of rotatable bonds is 7. The van der Waals surface area contributed by atoms with Crippen molar-refractivity contribution >= 4 is 17.6 Å². The minimum Gasteiger partial charge on any atom is -0.352 e. The highest BCUT2D eigenvalue weighted by Crippen LogP contribution is 2.14. The molecule has 2 aromatic rings. The summed E-state index contributed by atoms with van der Waals surface area (Å²) >= 11 is 0. The number of hydrogen-bond donors (Lipinski definition) is 3. The van der Waals surface area contributed by atoms with Gasteiger partial charge >= 0.3 is 6.03 Å². The summed E-state index contributed by atoms with van der Waals surface area (Å²) in [4.78, 5) is 24.2. The molecule has 0 bridgehead atoms. The van der Waals surface area contributed by atoms with Crippen molar-refractivity contribution in [3.8, 4) is 0 Å². The summed E-state index contributed by atoms with van der Waals surface area (Å²) in [6.45, 7) is 3.12. The average Bonchev–Trinajstić information content (AvgIpc) is 2.61. The maximum Gasteiger partial charge on any atom is 0.319 e. The molecule has 0 fully saturated rings. The van der Waals surface area contributed by atoms with Crippen molar-refractivity contribution in [1.82, 2.24) is 10.6 Å². The number of benzene rings is 2. The molecule has 0 heterocycles. The van der Waals surface area contributed by atoms with Crippen molar-refractivity contribution in [1.29, 1.82) is 0 Å². The van der Waals surface area contributed by atoms with Gasteiger partial charge in [0, 0.05) is 13.1 Å². The molecule has 2 aromatic carbocycles. The standard InChI is InChI=1S/C19H23N3O2/c1-2-13-21-19(24)22-17-11-7-6-10-16(17)18(23)20-14-12-15-8-4-3-5-9-15/h3-11H,2,12-14H2,1H3,(H,20,23)(H2,21,22,24). The molecule has 0 aliphatic rings. The molecular weight excluding hydrogens is 302 g/mol. The molecule has 0 aromatic heterocycles. The predicted molar refractivity (Wildman–Crippen MR) is 96.2 cm³/mol. The highest BCUT2D eigenvalue weighted by molar-refractivity contribution is 6.03. The van der Waals surface area contributed by atoms with E-state index in [0.29, 0.717) is 24.3 Å². The largest absolute Gasteiger partial charge is 0.352 e. The predicted octanol–water partition coefficient (Wildman–Crippen LogP) is 3.19. The van der Waals surface area contributed by atoms with Gasteiger partial charge in [-0.05, 0) is 30.5 Å². The fraction of sp³-hybridized carbons (Fsp3) is 0.263. The van der Waals surface area contributed by atoms with Gasteiger partial charge in [0.15, 0.2) is 0 Å². The maximum atomic E-state index is 12.4. The second kappa shape index (κ2) is 9.35. The minimum atomic E-state index is -0.304. The second-order valence-electron chi connectivity index (χ2n) is 5.42. The van der Waals surface area contributed by atoms with Gasteiger partial charge < -0.3 is 16.0 Å². The highest BCUT2D eigenvalue weighted by Gasteiger charge is 2.12. The quantitative estimate of drug-likeness (QED) is 0.731. The van der Waals surface area contributed by atoms with Gasteiger partial charge in [-0.25, -0.2) is 4.79 Å². The van der Waals surface area contributed by atoms with E-state index in [1.807, 2.05) is 37.3 Å². The molecule has 5 nitrogen and oxygen atoms in total. The topological polar surface area (TPSA) is 70.2 Å². The Morgan fingerprint density at radius 3 is 2.33 bits per heavy atom. The first-order valence-electron chi connectivity index (χ1n) is 8.16. The fourth-order valence-electron chi connectivity index (χ4n) is 2.26. The van der Waals surface area contributed by atoms with Crippen molar-refractivity contribution in [3.63, 3.8) is 0 Å². The molecule has 3 N–H and O–H groups in total. The van der Waals surface area contributed by atoms with E-state index in [4.69, 9.17) is 0 Å². The Morgan fingerprint density at radius 2 is 1.58 bits per heavy atom. The first kappa shape index (κ1) is 17.5. The molecule has 0 saturated heterocycles. The van der Waals surface area contributed by atoms with Gasteiger partial charge in [0.25, 0.3) is 5.91 Å². The molecule has 126 valence electrons. The fourth-order valence-corrected chi connectivity index (χ4v) is 2.26. The van der Waals surface area contributed by atoms with Crippen molar-refractivity contribution in [3.05, 3.63) is 65.7 Å². The van der Waals surface area contributed by atoms with Crippen LogP contribution in [0, 0.1) is 0 Å². The normalized spacial score (nSPS) is 10.0. The van der Waals surface area contributed by atoms with E-state index in [-0.39, 0.29) is 11.9 Å². The summed E-state index contributed by atoms with van der Waals surface area (Å²) in [7, 11) is 0. The number of carbonyl (C=O) groups is 2. The Balaban J connectivity index is 1.92. The molecule has 0 aliphatic heterocycles. The lowest BCUT2D eigenvalue weighted by Gasteiger charge is -2.12. The number of para-hydroxylation sites is 1. The molecule has 0 atom stereocenters. The van der Waals surface area contributed by atoms with Crippen LogP contribution in [0.4, 0.5) is 10.5 Å². The van der Waals surface area contributed by atoms with Gasteiger partial charge in [-0.15, -0.1) is 0 Å². The third kappa shape index (κ3) is 5.43. The van der Waals surface area contributed by atoms with Crippen LogP contribution < -0.4 is 16.0 Å². The Labute approximate surface area is 142 Å². The first-order valence-corrected chi connectivity index (χ1v) is 8.16. The molecular formula is C19H23N3O2. The molecule has 0 spiro atoms. The lowest BCUT2D eigenvalue weighted by molar-refractivity contribution is 0.0955. The molecule has 24 heavy (non-hydrogen) atoms. The van der Waals surface area contributed by atoms with E-state index in [1.54, 1.807) is 24.3 Å². The zero-order chi connectivity index (χ0) is 17.2. The van der Waals surface area contributed by atoms with Gasteiger partial charge in [0.1, 0.15) is 0 Å². The van der Waals surface area contributed by atoms with Crippen LogP contribution in [-0.2, 0) is 6.42 Å². The molecule has 0 saturated carbocycles. The summed E-state index contributed by atoms with van der Waals surface area (Å²) in [5, 5.41) is 8.35. The van der Waals surface area contributed by atoms with Crippen LogP contribution in [0.1, 0.15) is 29.3 Å². The summed E-state index contributed by atoms with van der Waals surface area (Å²) in [6, 6.07) is 16.7. The van der Waals surface area contributed by atoms with E-state index in [1.165, 1.54) is 5.56 Å². The van der Waals surface area contributed by atoms with Gasteiger partial charge in [0.2, 0.25) is 0 Å². The number of amides is 3. The van der Waals surface area contributed by atoms with E-state index in [2.05, 4.69) is 16.0 Å². The molecule has 2 rings (SSSR count). The SMILES string of the molecule is CCCNC(=O)Nc1ccccc1C(=O)NCCc1ccccc1. The van der Waals surface area contributed by atoms with E-state index < -0.39 is 0 Å². The van der Waals surface area contributed by atoms with Crippen LogP contribution in [0.3, 0.4) is 0 Å². The van der Waals surface area contributed by atoms with Gasteiger partial charge in [-0.2, -0.15) is 0 Å². The summed E-state index contributed by atoms with van der Waals surface area (Å²) in [5.74, 6) is -0.197. The monoisotopic (exact) mass is 325 g/mol. The van der Waals surface area contributed by atoms with Crippen LogP contribution in [0.5, 0.6) is 0 Å². The number of urea groups is 1. The summed E-state index contributed by atoms with van der Waals surface area (Å²) < 4.78 is 0. The van der Waals surface area contributed by atoms with Gasteiger partial charge in [-0.3, -0.25) is 4.79 Å². The zero-order valence-electron chi connectivity index (χ0n) is 13.8. The summed E-state index contributed by atoms with van der Waals surface area (Å²) in [6.07, 6.45) is 1.62. The Morgan fingerprint density at radius 1 is 0.875 bits per heavy atom. The number of carbonyl (C=O) groups excluding carboxylic acids is 2. The lowest BCUT2D eigenvalue weighted by Crippen LogP contribution is -2.31. The average molecular weight is 325 g/mol. The van der Waals surface area contributed by atoms with E-state index in [9.17, 15) is 9.59 Å². The highest BCUT2D eigenvalue weighted by atomic mass is 16.2. The summed E-state index contributed by atoms with van der Waals surface area (Å²) in [5.41, 5.74) is 2.13. The smallest absolute Gasteiger partial charge is 0.319 e. The van der Waals surface area contributed by atoms with Crippen molar-refractivity contribution in [2.24, 2.45) is 0 Å². The lowest BCUT2D eigenvalue weighted by atomic mass is 10.1. The Bertz CT molecular complexity index is 671. The Kier molecular flexibility index (Phi) is 6.83. The minimum absolute atomic E-state index is 0.197. The van der Waals surface area contributed by atoms with Crippen LogP contribution in [0.15, 0.2) is 54.6 Å². The van der Waals surface area contributed by atoms with Crippen molar-refractivity contribution < 1.29 is 9.59 Å².